The molecule has 0 saturated carbocycles. The van der Waals surface area contributed by atoms with Crippen LogP contribution in [-0.2, 0) is 11.3 Å². The molecule has 116 valence electrons. The molecule has 1 aromatic rings. The van der Waals surface area contributed by atoms with E-state index in [1.807, 2.05) is 24.0 Å². The van der Waals surface area contributed by atoms with Crippen molar-refractivity contribution >= 4 is 5.97 Å². The summed E-state index contributed by atoms with van der Waals surface area (Å²) in [5.74, 6) is 0.753. The molecule has 2 rings (SSSR count). The second-order valence-electron chi connectivity index (χ2n) is 5.47. The van der Waals surface area contributed by atoms with Gasteiger partial charge in [-0.25, -0.2) is 0 Å². The average Bonchev–Trinajstić information content (AvgIpc) is 2.48. The molecule has 1 heterocycles. The summed E-state index contributed by atoms with van der Waals surface area (Å²) >= 11 is 0. The predicted molar refractivity (Wildman–Crippen MR) is 80.0 cm³/mol. The quantitative estimate of drug-likeness (QED) is 0.903. The van der Waals surface area contributed by atoms with Crippen LogP contribution in [0.15, 0.2) is 12.1 Å². The van der Waals surface area contributed by atoms with Crippen LogP contribution < -0.4 is 9.47 Å². The van der Waals surface area contributed by atoms with Crippen LogP contribution in [0.4, 0.5) is 0 Å². The SMILES string of the molecule is COc1cc(C)cc(OC)c1CN1CCCC[C@H]1C(=O)O. The largest absolute Gasteiger partial charge is 0.496 e. The Morgan fingerprint density at radius 1 is 1.29 bits per heavy atom. The van der Waals surface area contributed by atoms with Crippen molar-refractivity contribution in [1.29, 1.82) is 0 Å². The molecule has 5 nitrogen and oxygen atoms in total. The fourth-order valence-electron chi connectivity index (χ4n) is 2.93. The van der Waals surface area contributed by atoms with Crippen molar-refractivity contribution in [3.05, 3.63) is 23.3 Å². The van der Waals surface area contributed by atoms with Gasteiger partial charge in [0.05, 0.1) is 19.8 Å². The summed E-state index contributed by atoms with van der Waals surface area (Å²) in [6, 6.07) is 3.49. The van der Waals surface area contributed by atoms with Crippen LogP contribution in [-0.4, -0.2) is 42.8 Å². The van der Waals surface area contributed by atoms with Gasteiger partial charge < -0.3 is 14.6 Å². The maximum atomic E-state index is 11.4. The second kappa shape index (κ2) is 6.80. The fraction of sp³-hybridized carbons (Fsp3) is 0.562. The van der Waals surface area contributed by atoms with E-state index in [4.69, 9.17) is 9.47 Å². The number of likely N-dealkylation sites (tertiary alicyclic amines) is 1. The molecule has 0 aromatic heterocycles. The highest BCUT2D eigenvalue weighted by Crippen LogP contribution is 2.33. The third kappa shape index (κ3) is 3.47. The maximum Gasteiger partial charge on any atom is 0.320 e. The number of rotatable bonds is 5. The Morgan fingerprint density at radius 3 is 2.43 bits per heavy atom. The fourth-order valence-corrected chi connectivity index (χ4v) is 2.93. The predicted octanol–water partition coefficient (Wildman–Crippen LogP) is 2.45. The van der Waals surface area contributed by atoms with E-state index in [0.29, 0.717) is 13.0 Å². The van der Waals surface area contributed by atoms with Gasteiger partial charge in [-0.1, -0.05) is 6.42 Å². The molecule has 1 N–H and O–H groups in total. The summed E-state index contributed by atoms with van der Waals surface area (Å²) in [4.78, 5) is 13.4. The summed E-state index contributed by atoms with van der Waals surface area (Å²) in [5, 5.41) is 9.38. The van der Waals surface area contributed by atoms with Crippen LogP contribution in [0.25, 0.3) is 0 Å². The van der Waals surface area contributed by atoms with E-state index >= 15 is 0 Å². The molecule has 5 heteroatoms. The van der Waals surface area contributed by atoms with E-state index in [-0.39, 0.29) is 0 Å². The minimum absolute atomic E-state index is 0.422. The minimum Gasteiger partial charge on any atom is -0.496 e. The van der Waals surface area contributed by atoms with E-state index in [1.54, 1.807) is 14.2 Å². The van der Waals surface area contributed by atoms with Crippen molar-refractivity contribution in [2.24, 2.45) is 0 Å². The van der Waals surface area contributed by atoms with Gasteiger partial charge in [-0.15, -0.1) is 0 Å². The summed E-state index contributed by atoms with van der Waals surface area (Å²) in [5.41, 5.74) is 1.97. The van der Waals surface area contributed by atoms with Gasteiger partial charge in [-0.3, -0.25) is 9.69 Å². The van der Waals surface area contributed by atoms with Gasteiger partial charge in [0.25, 0.3) is 0 Å². The molecule has 0 aliphatic carbocycles. The number of piperidine rings is 1. The molecule has 21 heavy (non-hydrogen) atoms. The zero-order valence-electron chi connectivity index (χ0n) is 12.9. The Morgan fingerprint density at radius 2 is 1.90 bits per heavy atom. The number of ether oxygens (including phenoxy) is 2. The van der Waals surface area contributed by atoms with E-state index in [2.05, 4.69) is 0 Å². The zero-order chi connectivity index (χ0) is 15.4. The molecule has 0 bridgehead atoms. The summed E-state index contributed by atoms with van der Waals surface area (Å²) in [7, 11) is 3.26. The molecule has 1 fully saturated rings. The lowest BCUT2D eigenvalue weighted by atomic mass is 10.0. The molecule has 1 atom stereocenters. The normalized spacial score (nSPS) is 19.3. The molecule has 0 radical (unpaired) electrons. The first-order valence-corrected chi connectivity index (χ1v) is 7.25. The first kappa shape index (κ1) is 15.6. The Hall–Kier alpha value is -1.75. The first-order chi connectivity index (χ1) is 10.1. The van der Waals surface area contributed by atoms with Crippen molar-refractivity contribution in [2.45, 2.75) is 38.8 Å². The topological polar surface area (TPSA) is 59.0 Å². The molecule has 0 spiro atoms. The maximum absolute atomic E-state index is 11.4. The Kier molecular flexibility index (Phi) is 5.07. The molecule has 0 unspecified atom stereocenters. The lowest BCUT2D eigenvalue weighted by molar-refractivity contribution is -0.144. The highest BCUT2D eigenvalue weighted by Gasteiger charge is 2.29. The Balaban J connectivity index is 2.30. The van der Waals surface area contributed by atoms with Crippen molar-refractivity contribution in [2.75, 3.05) is 20.8 Å². The van der Waals surface area contributed by atoms with Crippen molar-refractivity contribution in [1.82, 2.24) is 4.90 Å². The Labute approximate surface area is 125 Å². The van der Waals surface area contributed by atoms with Crippen LogP contribution in [0.2, 0.25) is 0 Å². The number of carbonyl (C=O) groups is 1. The highest BCUT2D eigenvalue weighted by atomic mass is 16.5. The number of carboxylic acids is 1. The standard InChI is InChI=1S/C16H23NO4/c1-11-8-14(20-2)12(15(9-11)21-3)10-17-7-5-4-6-13(17)16(18)19/h8-9,13H,4-7,10H2,1-3H3,(H,18,19)/t13-/m0/s1. The van der Waals surface area contributed by atoms with Crippen molar-refractivity contribution in [3.8, 4) is 11.5 Å². The molecule has 1 aliphatic rings. The van der Waals surface area contributed by atoms with Crippen LogP contribution in [0, 0.1) is 6.92 Å². The van der Waals surface area contributed by atoms with Gasteiger partial charge in [0.15, 0.2) is 0 Å². The second-order valence-corrected chi connectivity index (χ2v) is 5.47. The van der Waals surface area contributed by atoms with Crippen LogP contribution in [0.5, 0.6) is 11.5 Å². The van der Waals surface area contributed by atoms with E-state index in [9.17, 15) is 9.90 Å². The van der Waals surface area contributed by atoms with Gasteiger partial charge in [0.1, 0.15) is 17.5 Å². The molecular weight excluding hydrogens is 270 g/mol. The van der Waals surface area contributed by atoms with Gasteiger partial charge in [0.2, 0.25) is 0 Å². The first-order valence-electron chi connectivity index (χ1n) is 7.25. The number of carboxylic acid groups (broad SMARTS) is 1. The number of aryl methyl sites for hydroxylation is 1. The van der Waals surface area contributed by atoms with E-state index < -0.39 is 12.0 Å². The van der Waals surface area contributed by atoms with E-state index in [0.717, 1.165) is 42.0 Å². The summed E-state index contributed by atoms with van der Waals surface area (Å²) in [6.07, 6.45) is 2.70. The van der Waals surface area contributed by atoms with Crippen LogP contribution in [0.3, 0.4) is 0 Å². The number of aliphatic carboxylic acids is 1. The number of hydrogen-bond donors (Lipinski definition) is 1. The minimum atomic E-state index is -0.750. The zero-order valence-corrected chi connectivity index (χ0v) is 12.9. The lowest BCUT2D eigenvalue weighted by Gasteiger charge is -2.33. The summed E-state index contributed by atoms with van der Waals surface area (Å²) in [6.45, 7) is 3.30. The van der Waals surface area contributed by atoms with Gasteiger partial charge in [-0.2, -0.15) is 0 Å². The van der Waals surface area contributed by atoms with Crippen LogP contribution >= 0.6 is 0 Å². The van der Waals surface area contributed by atoms with Crippen LogP contribution in [0.1, 0.15) is 30.4 Å². The average molecular weight is 293 g/mol. The molecule has 1 aliphatic heterocycles. The van der Waals surface area contributed by atoms with Gasteiger partial charge in [-0.05, 0) is 44.0 Å². The number of benzene rings is 1. The molecule has 0 amide bonds. The smallest absolute Gasteiger partial charge is 0.320 e. The highest BCUT2D eigenvalue weighted by molar-refractivity contribution is 5.73. The Bertz CT molecular complexity index is 490. The van der Waals surface area contributed by atoms with Crippen molar-refractivity contribution < 1.29 is 19.4 Å². The summed E-state index contributed by atoms with van der Waals surface area (Å²) < 4.78 is 10.9. The van der Waals surface area contributed by atoms with Gasteiger partial charge in [0, 0.05) is 6.54 Å². The number of methoxy groups -OCH3 is 2. The molecule has 1 aromatic carbocycles. The van der Waals surface area contributed by atoms with Gasteiger partial charge >= 0.3 is 5.97 Å². The molecule has 1 saturated heterocycles. The number of hydrogen-bond acceptors (Lipinski definition) is 4. The van der Waals surface area contributed by atoms with E-state index in [1.165, 1.54) is 0 Å². The molecular formula is C16H23NO4. The third-order valence-corrected chi connectivity index (χ3v) is 4.01. The lowest BCUT2D eigenvalue weighted by Crippen LogP contribution is -2.44. The van der Waals surface area contributed by atoms with Crippen molar-refractivity contribution in [3.63, 3.8) is 0 Å². The monoisotopic (exact) mass is 293 g/mol. The third-order valence-electron chi connectivity index (χ3n) is 4.01. The number of nitrogens with zero attached hydrogens (tertiary/aromatic N) is 1.